The Balaban J connectivity index is 1.45. The summed E-state index contributed by atoms with van der Waals surface area (Å²) in [7, 11) is -1.03. The molecule has 0 fully saturated rings. The van der Waals surface area contributed by atoms with Crippen LogP contribution in [0, 0.1) is 0 Å². The van der Waals surface area contributed by atoms with E-state index in [1.807, 2.05) is 0 Å². The number of hydrogen-bond donors (Lipinski definition) is 0. The first-order chi connectivity index (χ1) is 18.9. The van der Waals surface area contributed by atoms with Crippen molar-refractivity contribution in [3.8, 4) is 0 Å². The average molecular weight is 525 g/mol. The highest BCUT2D eigenvalue weighted by Crippen LogP contribution is 2.43. The molecule has 0 amide bonds. The normalized spacial score (nSPS) is 11.3. The zero-order valence-corrected chi connectivity index (χ0v) is 23.1. The molecule has 0 aliphatic heterocycles. The predicted octanol–water partition coefficient (Wildman–Crippen LogP) is 8.11. The highest BCUT2D eigenvalue weighted by molar-refractivity contribution is 7.72. The summed E-state index contributed by atoms with van der Waals surface area (Å²) in [4.78, 5) is 0. The lowest BCUT2D eigenvalue weighted by Crippen LogP contribution is -2.14. The monoisotopic (exact) mass is 524 g/mol. The van der Waals surface area contributed by atoms with E-state index >= 15 is 0 Å². The van der Waals surface area contributed by atoms with E-state index < -0.39 is 15.8 Å². The van der Waals surface area contributed by atoms with E-state index in [9.17, 15) is 0 Å². The van der Waals surface area contributed by atoms with Gasteiger partial charge >= 0.3 is 0 Å². The van der Waals surface area contributed by atoms with Crippen LogP contribution in [0.3, 0.4) is 0 Å². The molecule has 2 heteroatoms. The first kappa shape index (κ1) is 24.8. The van der Waals surface area contributed by atoms with Gasteiger partial charge in [0, 0.05) is 12.3 Å². The van der Waals surface area contributed by atoms with Crippen molar-refractivity contribution in [2.45, 2.75) is 12.3 Å². The van der Waals surface area contributed by atoms with E-state index in [2.05, 4.69) is 158 Å². The van der Waals surface area contributed by atoms with Crippen molar-refractivity contribution in [1.29, 1.82) is 0 Å². The topological polar surface area (TPSA) is 0 Å². The third kappa shape index (κ3) is 5.49. The van der Waals surface area contributed by atoms with Gasteiger partial charge in [-0.15, -0.1) is 0 Å². The molecule has 38 heavy (non-hydrogen) atoms. The molecule has 6 aromatic carbocycles. The minimum atomic E-state index is -0.515. The van der Waals surface area contributed by atoms with Crippen LogP contribution in [-0.4, -0.2) is 0 Å². The summed E-state index contributed by atoms with van der Waals surface area (Å²) in [5.74, 6) is 0. The van der Waals surface area contributed by atoms with E-state index in [1.54, 1.807) is 0 Å². The maximum Gasteiger partial charge on any atom is 0.00137 e. The van der Waals surface area contributed by atoms with E-state index in [1.165, 1.54) is 43.1 Å². The zero-order valence-electron chi connectivity index (χ0n) is 21.3. The second-order valence-electron chi connectivity index (χ2n) is 9.45. The lowest BCUT2D eigenvalue weighted by Gasteiger charge is -2.23. The van der Waals surface area contributed by atoms with E-state index in [0.717, 1.165) is 12.3 Å². The smallest absolute Gasteiger partial charge is 0.00137 e. The lowest BCUT2D eigenvalue weighted by atomic mass is 10.0. The molecule has 0 atom stereocenters. The van der Waals surface area contributed by atoms with Crippen LogP contribution < -0.4 is 21.2 Å². The molecular weight excluding hydrogens is 494 g/mol. The Morgan fingerprint density at radius 3 is 0.947 bits per heavy atom. The molecule has 0 radical (unpaired) electrons. The molecule has 0 saturated carbocycles. The Morgan fingerprint density at radius 1 is 0.316 bits per heavy atom. The number of rotatable bonds is 8. The van der Waals surface area contributed by atoms with Crippen molar-refractivity contribution < 1.29 is 0 Å². The fourth-order valence-corrected chi connectivity index (χ4v) is 9.86. The van der Waals surface area contributed by atoms with Crippen LogP contribution in [0.5, 0.6) is 0 Å². The molecule has 0 bridgehead atoms. The van der Waals surface area contributed by atoms with Gasteiger partial charge in [0.1, 0.15) is 0 Å². The molecule has 0 N–H and O–H groups in total. The largest absolute Gasteiger partial charge is 0.0622 e. The lowest BCUT2D eigenvalue weighted by molar-refractivity contribution is 1.39. The SMILES string of the molecule is c1ccc(P(Cc2cccc3cccc(CP(c4ccccc4)c4ccccc4)c23)c2ccccc2)cc1. The maximum absolute atomic E-state index is 2.36. The summed E-state index contributed by atoms with van der Waals surface area (Å²) in [6.07, 6.45) is 2.07. The molecule has 0 spiro atoms. The van der Waals surface area contributed by atoms with Crippen LogP contribution in [0.25, 0.3) is 10.8 Å². The fraction of sp³-hybridized carbons (Fsp3) is 0.0556. The van der Waals surface area contributed by atoms with Gasteiger partial charge in [-0.3, -0.25) is 0 Å². The third-order valence-electron chi connectivity index (χ3n) is 7.01. The summed E-state index contributed by atoms with van der Waals surface area (Å²) in [6, 6.07) is 58.0. The molecule has 0 aromatic heterocycles. The van der Waals surface area contributed by atoms with Gasteiger partial charge in [0.15, 0.2) is 0 Å². The second kappa shape index (κ2) is 11.9. The van der Waals surface area contributed by atoms with Crippen LogP contribution in [0.15, 0.2) is 158 Å². The molecule has 0 unspecified atom stereocenters. The van der Waals surface area contributed by atoms with Gasteiger partial charge in [-0.1, -0.05) is 158 Å². The van der Waals surface area contributed by atoms with E-state index in [0.29, 0.717) is 0 Å². The Labute approximate surface area is 228 Å². The standard InChI is InChI=1S/C36H30P2/c1-5-19-32(20-6-1)37(33-21-7-2-8-22-33)27-30-17-13-15-29-16-14-18-31(36(29)30)28-38(34-23-9-3-10-24-34)35-25-11-4-12-26-35/h1-26H,27-28H2. The van der Waals surface area contributed by atoms with Crippen molar-refractivity contribution in [2.75, 3.05) is 0 Å². The van der Waals surface area contributed by atoms with Gasteiger partial charge in [0.25, 0.3) is 0 Å². The molecular formula is C36H30P2. The average Bonchev–Trinajstić information content (AvgIpc) is 3.00. The van der Waals surface area contributed by atoms with Crippen molar-refractivity contribution in [2.24, 2.45) is 0 Å². The second-order valence-corrected chi connectivity index (χ2v) is 13.9. The summed E-state index contributed by atoms with van der Waals surface area (Å²) in [5.41, 5.74) is 2.90. The Hall–Kier alpha value is -3.56. The number of hydrogen-bond acceptors (Lipinski definition) is 0. The van der Waals surface area contributed by atoms with Gasteiger partial charge in [-0.05, 0) is 59.0 Å². The van der Waals surface area contributed by atoms with Gasteiger partial charge in [-0.2, -0.15) is 0 Å². The molecule has 0 aliphatic rings. The van der Waals surface area contributed by atoms with E-state index in [-0.39, 0.29) is 0 Å². The highest BCUT2D eigenvalue weighted by atomic mass is 31.1. The first-order valence-corrected chi connectivity index (χ1v) is 16.2. The fourth-order valence-electron chi connectivity index (χ4n) is 5.20. The minimum absolute atomic E-state index is 0.515. The van der Waals surface area contributed by atoms with Gasteiger partial charge < -0.3 is 0 Å². The zero-order chi connectivity index (χ0) is 25.6. The molecule has 6 aromatic rings. The summed E-state index contributed by atoms with van der Waals surface area (Å²) >= 11 is 0. The summed E-state index contributed by atoms with van der Waals surface area (Å²) in [6.45, 7) is 0. The van der Waals surface area contributed by atoms with Crippen molar-refractivity contribution in [3.05, 3.63) is 169 Å². The Bertz CT molecular complexity index is 1400. The minimum Gasteiger partial charge on any atom is -0.0622 e. The Kier molecular flexibility index (Phi) is 7.74. The van der Waals surface area contributed by atoms with Gasteiger partial charge in [0.2, 0.25) is 0 Å². The highest BCUT2D eigenvalue weighted by Gasteiger charge is 2.19. The molecule has 0 saturated heterocycles. The third-order valence-corrected chi connectivity index (χ3v) is 12.0. The molecule has 0 nitrogen and oxygen atoms in total. The molecule has 0 heterocycles. The maximum atomic E-state index is 2.36. The van der Waals surface area contributed by atoms with Crippen molar-refractivity contribution in [1.82, 2.24) is 0 Å². The number of fused-ring (bicyclic) bond motifs is 1. The molecule has 6 rings (SSSR count). The first-order valence-electron chi connectivity index (χ1n) is 13.1. The van der Waals surface area contributed by atoms with E-state index in [4.69, 9.17) is 0 Å². The number of benzene rings is 6. The van der Waals surface area contributed by atoms with Gasteiger partial charge in [0.05, 0.1) is 0 Å². The summed E-state index contributed by atoms with van der Waals surface area (Å²) < 4.78 is 0. The van der Waals surface area contributed by atoms with Crippen molar-refractivity contribution in [3.63, 3.8) is 0 Å². The van der Waals surface area contributed by atoms with Crippen molar-refractivity contribution >= 4 is 47.8 Å². The molecule has 0 aliphatic carbocycles. The van der Waals surface area contributed by atoms with Crippen LogP contribution >= 0.6 is 15.8 Å². The van der Waals surface area contributed by atoms with Crippen LogP contribution in [0.4, 0.5) is 0 Å². The van der Waals surface area contributed by atoms with Crippen LogP contribution in [0.1, 0.15) is 11.1 Å². The summed E-state index contributed by atoms with van der Waals surface area (Å²) in [5, 5.41) is 8.50. The Morgan fingerprint density at radius 2 is 0.632 bits per heavy atom. The quantitative estimate of drug-likeness (QED) is 0.177. The van der Waals surface area contributed by atoms with Crippen LogP contribution in [0.2, 0.25) is 0 Å². The van der Waals surface area contributed by atoms with Crippen LogP contribution in [-0.2, 0) is 12.3 Å². The molecule has 184 valence electrons. The predicted molar refractivity (Wildman–Crippen MR) is 169 cm³/mol. The van der Waals surface area contributed by atoms with Gasteiger partial charge in [-0.25, -0.2) is 0 Å².